The fraction of sp³-hybridized carbons (Fsp3) is 1.00. The lowest BCUT2D eigenvalue weighted by Gasteiger charge is -2.04. The first-order chi connectivity index (χ1) is 3.29. The first-order valence-electron chi connectivity index (χ1n) is 2.24. The summed E-state index contributed by atoms with van der Waals surface area (Å²) in [5.74, 6) is 0. The van der Waals surface area contributed by atoms with E-state index in [1.54, 1.807) is 0 Å². The van der Waals surface area contributed by atoms with Crippen LogP contribution < -0.4 is 0 Å². The van der Waals surface area contributed by atoms with Gasteiger partial charge >= 0.3 is 0 Å². The van der Waals surface area contributed by atoms with E-state index in [0.717, 1.165) is 19.5 Å². The molecule has 1 heterocycles. The van der Waals surface area contributed by atoms with Gasteiger partial charge in [0.2, 0.25) is 9.84 Å². The number of hydrogen-bond donors (Lipinski definition) is 0. The van der Waals surface area contributed by atoms with Crippen LogP contribution in [-0.2, 0) is 0 Å². The third-order valence-corrected chi connectivity index (χ3v) is 3.16. The third-order valence-electron chi connectivity index (χ3n) is 0.637. The summed E-state index contributed by atoms with van der Waals surface area (Å²) in [7, 11) is 6.28. The van der Waals surface area contributed by atoms with Crippen LogP contribution in [0.2, 0.25) is 0 Å². The van der Waals surface area contributed by atoms with Crippen LogP contribution in [-0.4, -0.2) is 48.6 Å². The van der Waals surface area contributed by atoms with Crippen molar-refractivity contribution in [2.45, 2.75) is 0 Å². The second kappa shape index (κ2) is 2.08. The molecular formula is C3H8N2Si2. The summed E-state index contributed by atoms with van der Waals surface area (Å²) in [6.45, 7) is 0. The minimum absolute atomic E-state index is 0.935. The van der Waals surface area contributed by atoms with E-state index in [2.05, 4.69) is 22.9 Å². The Kier molecular flexibility index (Phi) is 1.63. The number of hydrogen-bond acceptors (Lipinski definition) is 2. The van der Waals surface area contributed by atoms with E-state index in [1.165, 1.54) is 6.17 Å². The maximum absolute atomic E-state index is 2.43. The molecule has 1 atom stereocenters. The van der Waals surface area contributed by atoms with Gasteiger partial charge in [-0.05, 0) is 20.3 Å². The van der Waals surface area contributed by atoms with Gasteiger partial charge in [-0.3, -0.25) is 0 Å². The molecule has 4 heteroatoms. The smallest absolute Gasteiger partial charge is 0.242 e. The molecule has 1 saturated heterocycles. The minimum Gasteiger partial charge on any atom is -0.336 e. The van der Waals surface area contributed by atoms with Crippen LogP contribution >= 0.6 is 0 Å². The van der Waals surface area contributed by atoms with Gasteiger partial charge in [-0.2, -0.15) is 0 Å². The Morgan fingerprint density at radius 2 is 2.29 bits per heavy atom. The van der Waals surface area contributed by atoms with E-state index in [4.69, 9.17) is 0 Å². The van der Waals surface area contributed by atoms with Crippen molar-refractivity contribution in [3.05, 3.63) is 0 Å². The lowest BCUT2D eigenvalue weighted by molar-refractivity contribution is 0.626. The summed E-state index contributed by atoms with van der Waals surface area (Å²) < 4.78 is 4.65. The molecule has 1 aliphatic heterocycles. The molecule has 0 aromatic heterocycles. The van der Waals surface area contributed by atoms with Crippen LogP contribution in [0.5, 0.6) is 0 Å². The monoisotopic (exact) mass is 128 g/mol. The Bertz CT molecular complexity index is 62.0. The van der Waals surface area contributed by atoms with E-state index in [0.29, 0.717) is 0 Å². The van der Waals surface area contributed by atoms with E-state index in [9.17, 15) is 0 Å². The highest BCUT2D eigenvalue weighted by molar-refractivity contribution is 6.59. The molecule has 4 radical (unpaired) electrons. The molecule has 0 aromatic rings. The maximum atomic E-state index is 2.43. The van der Waals surface area contributed by atoms with Gasteiger partial charge in [0.15, 0.2) is 0 Å². The van der Waals surface area contributed by atoms with Crippen LogP contribution in [0.15, 0.2) is 0 Å². The van der Waals surface area contributed by atoms with Crippen LogP contribution in [0, 0.1) is 0 Å². The summed E-state index contributed by atoms with van der Waals surface area (Å²) in [5.41, 5.74) is 0. The third kappa shape index (κ3) is 2.23. The second-order valence-electron chi connectivity index (χ2n) is 1.74. The highest BCUT2D eigenvalue weighted by Crippen LogP contribution is 1.94. The molecule has 1 aliphatic rings. The van der Waals surface area contributed by atoms with Gasteiger partial charge in [0.05, 0.1) is 0 Å². The molecule has 0 bridgehead atoms. The molecule has 0 aliphatic carbocycles. The normalized spacial score (nSPS) is 28.7. The summed E-state index contributed by atoms with van der Waals surface area (Å²) in [6.07, 6.45) is 1.34. The van der Waals surface area contributed by atoms with E-state index in [1.807, 2.05) is 0 Å². The Morgan fingerprint density at radius 3 is 2.43 bits per heavy atom. The Labute approximate surface area is 49.4 Å². The van der Waals surface area contributed by atoms with E-state index in [-0.39, 0.29) is 0 Å². The predicted molar refractivity (Wildman–Crippen MR) is 31.9 cm³/mol. The largest absolute Gasteiger partial charge is 0.336 e. The van der Waals surface area contributed by atoms with Crippen molar-refractivity contribution in [1.82, 2.24) is 8.80 Å². The Hall–Kier alpha value is 0.354. The van der Waals surface area contributed by atoms with Crippen LogP contribution in [0.25, 0.3) is 0 Å². The summed E-state index contributed by atoms with van der Waals surface area (Å²) >= 11 is 0. The average Bonchev–Trinajstić information content (AvgIpc) is 2.17. The molecule has 1 unspecified atom stereocenters. The van der Waals surface area contributed by atoms with Crippen molar-refractivity contribution in [3.8, 4) is 0 Å². The minimum atomic E-state index is 0.935. The van der Waals surface area contributed by atoms with Gasteiger partial charge in [0.25, 0.3) is 0 Å². The summed E-state index contributed by atoms with van der Waals surface area (Å²) in [6, 6.07) is 0. The molecule has 7 heavy (non-hydrogen) atoms. The summed E-state index contributed by atoms with van der Waals surface area (Å²) in [5, 5.41) is 0. The van der Waals surface area contributed by atoms with E-state index < -0.39 is 0 Å². The van der Waals surface area contributed by atoms with Crippen molar-refractivity contribution in [2.24, 2.45) is 0 Å². The Morgan fingerprint density at radius 1 is 1.71 bits per heavy atom. The molecular weight excluding hydrogens is 120 g/mol. The van der Waals surface area contributed by atoms with Gasteiger partial charge in [-0.25, -0.2) is 0 Å². The van der Waals surface area contributed by atoms with Gasteiger partial charge in [0, 0.05) is 0 Å². The van der Waals surface area contributed by atoms with Crippen LogP contribution in [0.1, 0.15) is 0 Å². The fourth-order valence-corrected chi connectivity index (χ4v) is 2.28. The second-order valence-corrected chi connectivity index (χ2v) is 4.99. The van der Waals surface area contributed by atoms with Gasteiger partial charge in [-0.1, -0.05) is 0 Å². The van der Waals surface area contributed by atoms with Crippen molar-refractivity contribution in [2.75, 3.05) is 20.3 Å². The molecule has 0 N–H and O–H groups in total. The van der Waals surface area contributed by atoms with Crippen molar-refractivity contribution in [3.63, 3.8) is 0 Å². The average molecular weight is 128 g/mol. The molecule has 1 fully saturated rings. The number of nitrogens with zero attached hydrogens (tertiary/aromatic N) is 2. The first kappa shape index (κ1) is 5.49. The highest BCUT2D eigenvalue weighted by Gasteiger charge is 2.20. The first-order valence-corrected chi connectivity index (χ1v) is 4.28. The van der Waals surface area contributed by atoms with Crippen molar-refractivity contribution < 1.29 is 0 Å². The fourth-order valence-electron chi connectivity index (χ4n) is 0.347. The molecule has 0 spiro atoms. The number of rotatable bonds is 2. The van der Waals surface area contributed by atoms with Crippen molar-refractivity contribution in [1.29, 1.82) is 0 Å². The Balaban J connectivity index is 1.97. The standard InChI is InChI=1S/C3H8N2Si2/c1-4(2)7-5-3-6-5/h3H2,1-2H3. The molecule has 38 valence electrons. The van der Waals surface area contributed by atoms with Gasteiger partial charge in [-0.15, -0.1) is 0 Å². The predicted octanol–water partition coefficient (Wildman–Crippen LogP) is -1.03. The molecule has 0 saturated carbocycles. The maximum Gasteiger partial charge on any atom is 0.242 e. The zero-order valence-corrected chi connectivity index (χ0v) is 6.60. The summed E-state index contributed by atoms with van der Waals surface area (Å²) in [4.78, 5) is 0. The lowest BCUT2D eigenvalue weighted by atomic mass is 11.3. The molecule has 2 nitrogen and oxygen atoms in total. The van der Waals surface area contributed by atoms with Gasteiger partial charge in [0.1, 0.15) is 9.68 Å². The lowest BCUT2D eigenvalue weighted by Crippen LogP contribution is -2.24. The molecule has 1 rings (SSSR count). The zero-order valence-electron chi connectivity index (χ0n) is 4.60. The SMILES string of the molecule is CN(C)[Si]N1C[Si]1. The van der Waals surface area contributed by atoms with Crippen LogP contribution in [0.4, 0.5) is 0 Å². The quantitative estimate of drug-likeness (QED) is 0.347. The van der Waals surface area contributed by atoms with Crippen molar-refractivity contribution >= 4 is 19.5 Å². The van der Waals surface area contributed by atoms with Gasteiger partial charge < -0.3 is 8.80 Å². The molecule has 0 aromatic carbocycles. The zero-order chi connectivity index (χ0) is 5.28. The van der Waals surface area contributed by atoms with Crippen LogP contribution in [0.3, 0.4) is 0 Å². The molecule has 0 amide bonds. The topological polar surface area (TPSA) is 6.25 Å². The van der Waals surface area contributed by atoms with E-state index >= 15 is 0 Å². The highest BCUT2D eigenvalue weighted by atomic mass is 28.3.